The van der Waals surface area contributed by atoms with E-state index < -0.39 is 56.7 Å². The number of benzene rings is 3. The lowest BCUT2D eigenvalue weighted by atomic mass is 10.2. The van der Waals surface area contributed by atoms with E-state index in [4.69, 9.17) is 34.2 Å². The number of ether oxygens (including phenoxy) is 6. The molecule has 2 atom stereocenters. The van der Waals surface area contributed by atoms with Gasteiger partial charge in [0, 0.05) is 69.9 Å². The Morgan fingerprint density at radius 2 is 1.36 bits per heavy atom. The van der Waals surface area contributed by atoms with Crippen molar-refractivity contribution in [3.05, 3.63) is 108 Å². The number of fused-ring (bicyclic) bond motifs is 2. The van der Waals surface area contributed by atoms with Crippen LogP contribution < -0.4 is 30.0 Å². The number of aromatic nitrogens is 6. The van der Waals surface area contributed by atoms with Gasteiger partial charge in [0.2, 0.25) is 5.16 Å². The third-order valence-electron chi connectivity index (χ3n) is 10.4. The lowest BCUT2D eigenvalue weighted by molar-refractivity contribution is -0.120. The van der Waals surface area contributed by atoms with Crippen LogP contribution in [0.15, 0.2) is 100 Å². The number of hydrogen-bond donors (Lipinski definition) is 3. The van der Waals surface area contributed by atoms with E-state index in [1.807, 2.05) is 6.92 Å². The third-order valence-corrected chi connectivity index (χ3v) is 14.6. The summed E-state index contributed by atoms with van der Waals surface area (Å²) in [5.74, 6) is -0.797. The average Bonchev–Trinajstić information content (AvgIpc) is 3.97. The molecule has 0 spiro atoms. The smallest absolute Gasteiger partial charge is 0.270 e. The van der Waals surface area contributed by atoms with Gasteiger partial charge in [-0.25, -0.2) is 22.4 Å². The molecule has 7 aromatic rings. The monoisotopic (exact) mass is 1000 g/mol. The number of methoxy groups -OCH3 is 2. The van der Waals surface area contributed by atoms with E-state index in [1.165, 1.54) is 24.4 Å². The standard InChI is InChI=1S/C46H50N8O12S3/c1-29-35(48-18-16-38(29)63-22-8-20-61-3)27-67(57)45-51-34-12-7-11-33(44(34)53-45)50-43(56)26-66-40-15-14-31(24-41(40)65-25-42(47)55)69(59,60)54-37-13-6-5-10-32(37)52-46(54)68(58)28-36-30(2)39(17-19-49-36)64-23-9-21-62-4/h5-7,10-19,24H,8-9,20-23,25-28H2,1-4H3,(H2,47,55)(H,50,56)(H,51,53). The number of nitrogens with zero attached hydrogens (tertiary/aromatic N) is 5. The van der Waals surface area contributed by atoms with Crippen molar-refractivity contribution in [2.75, 3.05) is 59.2 Å². The number of para-hydroxylation sites is 3. The van der Waals surface area contributed by atoms with Gasteiger partial charge in [-0.15, -0.1) is 0 Å². The van der Waals surface area contributed by atoms with Gasteiger partial charge in [-0.3, -0.25) is 28.0 Å². The highest BCUT2D eigenvalue weighted by molar-refractivity contribution is 7.91. The van der Waals surface area contributed by atoms with Gasteiger partial charge in [0.1, 0.15) is 17.0 Å². The van der Waals surface area contributed by atoms with Crippen molar-refractivity contribution >= 4 is 71.2 Å². The van der Waals surface area contributed by atoms with Gasteiger partial charge in [-0.2, -0.15) is 0 Å². The van der Waals surface area contributed by atoms with Crippen LogP contribution in [-0.2, 0) is 62.2 Å². The first-order chi connectivity index (χ1) is 33.3. The first-order valence-electron chi connectivity index (χ1n) is 21.4. The molecule has 3 aromatic carbocycles. The predicted octanol–water partition coefficient (Wildman–Crippen LogP) is 4.88. The maximum atomic E-state index is 14.6. The first-order valence-corrected chi connectivity index (χ1v) is 25.5. The Bertz CT molecular complexity index is 3140. The van der Waals surface area contributed by atoms with E-state index in [1.54, 1.807) is 75.9 Å². The van der Waals surface area contributed by atoms with Crippen molar-refractivity contribution in [2.24, 2.45) is 5.73 Å². The van der Waals surface area contributed by atoms with Gasteiger partial charge in [0.15, 0.2) is 29.9 Å². The summed E-state index contributed by atoms with van der Waals surface area (Å²) in [6.45, 7) is 4.26. The second-order valence-electron chi connectivity index (χ2n) is 15.2. The van der Waals surface area contributed by atoms with E-state index in [-0.39, 0.29) is 49.2 Å². The topological polar surface area (TPSA) is 268 Å². The van der Waals surface area contributed by atoms with Crippen molar-refractivity contribution in [2.45, 2.75) is 53.4 Å². The van der Waals surface area contributed by atoms with Crippen LogP contribution in [0.3, 0.4) is 0 Å². The Balaban J connectivity index is 1.08. The van der Waals surface area contributed by atoms with E-state index in [0.29, 0.717) is 84.4 Å². The molecule has 4 N–H and O–H groups in total. The molecule has 0 bridgehead atoms. The summed E-state index contributed by atoms with van der Waals surface area (Å²) in [6, 6.07) is 18.5. The highest BCUT2D eigenvalue weighted by Gasteiger charge is 2.29. The summed E-state index contributed by atoms with van der Waals surface area (Å²) >= 11 is 0. The van der Waals surface area contributed by atoms with Crippen molar-refractivity contribution in [1.82, 2.24) is 28.9 Å². The molecule has 0 saturated carbocycles. The number of nitrogens with one attached hydrogen (secondary N) is 2. The zero-order valence-corrected chi connectivity index (χ0v) is 40.5. The minimum atomic E-state index is -4.60. The van der Waals surface area contributed by atoms with E-state index in [2.05, 4.69) is 30.2 Å². The molecule has 2 amide bonds. The predicted molar refractivity (Wildman–Crippen MR) is 256 cm³/mol. The van der Waals surface area contributed by atoms with E-state index >= 15 is 0 Å². The molecule has 0 aliphatic rings. The largest absolute Gasteiger partial charge is 0.493 e. The fraction of sp³-hybridized carbons (Fsp3) is 0.304. The zero-order valence-electron chi connectivity index (χ0n) is 38.1. The number of carbonyl (C=O) groups excluding carboxylic acids is 2. The zero-order chi connectivity index (χ0) is 49.1. The number of hydrogen-bond acceptors (Lipinski definition) is 16. The lowest BCUT2D eigenvalue weighted by Gasteiger charge is -2.15. The Hall–Kier alpha value is -6.79. The van der Waals surface area contributed by atoms with Crippen molar-refractivity contribution in [1.29, 1.82) is 0 Å². The maximum absolute atomic E-state index is 14.6. The van der Waals surface area contributed by atoms with Crippen LogP contribution in [0.4, 0.5) is 5.69 Å². The molecular formula is C46H50N8O12S3. The van der Waals surface area contributed by atoms with Crippen LogP contribution >= 0.6 is 0 Å². The number of primary amides is 1. The molecule has 20 nitrogen and oxygen atoms in total. The number of anilines is 1. The van der Waals surface area contributed by atoms with Gasteiger partial charge in [-0.05, 0) is 62.4 Å². The van der Waals surface area contributed by atoms with Crippen LogP contribution in [0.5, 0.6) is 23.0 Å². The molecule has 0 saturated heterocycles. The van der Waals surface area contributed by atoms with Gasteiger partial charge >= 0.3 is 0 Å². The summed E-state index contributed by atoms with van der Waals surface area (Å²) in [5, 5.41) is 2.65. The van der Waals surface area contributed by atoms with Gasteiger partial charge in [-0.1, -0.05) is 18.2 Å². The minimum absolute atomic E-state index is 0.0511. The van der Waals surface area contributed by atoms with Gasteiger partial charge in [0.05, 0.1) is 84.8 Å². The summed E-state index contributed by atoms with van der Waals surface area (Å²) in [6.07, 6.45) is 4.48. The molecule has 2 unspecified atom stereocenters. The number of rotatable bonds is 25. The minimum Gasteiger partial charge on any atom is -0.493 e. The lowest BCUT2D eigenvalue weighted by Crippen LogP contribution is -2.22. The van der Waals surface area contributed by atoms with Crippen molar-refractivity contribution < 1.29 is 54.8 Å². The fourth-order valence-corrected chi connectivity index (χ4v) is 11.1. The SMILES string of the molecule is COCCCOc1ccnc(CS(=O)c2nc3c(NC(=O)COc4ccc(S(=O)(=O)n5c(S(=O)Cc6nccc(OCCCOC)c6C)nc6ccccc65)cc4OCC(N)=O)cccc3[nH]2)c1C. The Morgan fingerprint density at radius 3 is 2.01 bits per heavy atom. The molecule has 0 aliphatic carbocycles. The van der Waals surface area contributed by atoms with Gasteiger partial charge < -0.3 is 44.5 Å². The number of pyridine rings is 2. The van der Waals surface area contributed by atoms with Crippen LogP contribution in [0, 0.1) is 13.8 Å². The Labute approximate surface area is 402 Å². The molecule has 364 valence electrons. The van der Waals surface area contributed by atoms with Crippen LogP contribution in [0.1, 0.15) is 35.4 Å². The molecule has 0 aliphatic heterocycles. The number of imidazole rings is 2. The van der Waals surface area contributed by atoms with E-state index in [0.717, 1.165) is 15.6 Å². The second kappa shape index (κ2) is 23.0. The van der Waals surface area contributed by atoms with E-state index in [9.17, 15) is 26.4 Å². The molecule has 4 heterocycles. The van der Waals surface area contributed by atoms with Crippen LogP contribution in [0.2, 0.25) is 0 Å². The summed E-state index contributed by atoms with van der Waals surface area (Å²) in [7, 11) is -5.08. The summed E-state index contributed by atoms with van der Waals surface area (Å²) in [5.41, 5.74) is 9.33. The molecule has 0 fully saturated rings. The highest BCUT2D eigenvalue weighted by Crippen LogP contribution is 2.34. The van der Waals surface area contributed by atoms with Gasteiger partial charge in [0.25, 0.3) is 21.8 Å². The molecule has 69 heavy (non-hydrogen) atoms. The highest BCUT2D eigenvalue weighted by atomic mass is 32.2. The molecular weight excluding hydrogens is 953 g/mol. The summed E-state index contributed by atoms with van der Waals surface area (Å²) in [4.78, 5) is 45.8. The number of H-pyrrole nitrogens is 1. The Morgan fingerprint density at radius 1 is 0.725 bits per heavy atom. The molecule has 4 aromatic heterocycles. The van der Waals surface area contributed by atoms with Crippen molar-refractivity contribution in [3.8, 4) is 23.0 Å². The molecule has 23 heteroatoms. The summed E-state index contributed by atoms with van der Waals surface area (Å²) < 4.78 is 91.2. The quantitative estimate of drug-likeness (QED) is 0.0644. The first kappa shape index (κ1) is 50.1. The Kier molecular flexibility index (Phi) is 16.7. The second-order valence-corrected chi connectivity index (χ2v) is 19.7. The van der Waals surface area contributed by atoms with Crippen molar-refractivity contribution in [3.63, 3.8) is 0 Å². The maximum Gasteiger partial charge on any atom is 0.270 e. The third kappa shape index (κ3) is 12.1. The average molecular weight is 1000 g/mol. The molecule has 0 radical (unpaired) electrons. The number of aromatic amines is 1. The number of carbonyl (C=O) groups is 2. The molecule has 7 rings (SSSR count). The normalized spacial score (nSPS) is 12.5. The van der Waals surface area contributed by atoms with Crippen LogP contribution in [0.25, 0.3) is 22.1 Å². The number of nitrogens with two attached hydrogens (primary N) is 1. The van der Waals surface area contributed by atoms with Crippen LogP contribution in [-0.4, -0.2) is 111 Å². The fourth-order valence-electron chi connectivity index (χ4n) is 6.91. The number of amides is 2.